The number of amides is 1. The molecule has 0 aliphatic carbocycles. The van der Waals surface area contributed by atoms with Gasteiger partial charge in [0.25, 0.3) is 5.91 Å². The van der Waals surface area contributed by atoms with Gasteiger partial charge in [-0.05, 0) is 18.2 Å². The molecule has 1 amide bonds. The molecule has 2 fully saturated rings. The SMILES string of the molecule is COc1cc(C(=O)N2C[C@@H]3OCC(n4cncn4)CO[C@H]3C2)cc(C(F)(F)F)c1. The summed E-state index contributed by atoms with van der Waals surface area (Å²) in [5, 5.41) is 4.08. The number of hydrogen-bond acceptors (Lipinski definition) is 6. The van der Waals surface area contributed by atoms with Crippen LogP contribution in [0.4, 0.5) is 13.2 Å². The first-order valence-electron chi connectivity index (χ1n) is 8.98. The number of rotatable bonds is 3. The zero-order valence-corrected chi connectivity index (χ0v) is 15.5. The number of alkyl halides is 3. The van der Waals surface area contributed by atoms with Gasteiger partial charge in [-0.15, -0.1) is 0 Å². The molecule has 2 aliphatic heterocycles. The van der Waals surface area contributed by atoms with E-state index in [9.17, 15) is 18.0 Å². The van der Waals surface area contributed by atoms with E-state index in [1.54, 1.807) is 11.0 Å². The van der Waals surface area contributed by atoms with Crippen LogP contribution in [0.2, 0.25) is 0 Å². The lowest BCUT2D eigenvalue weighted by Gasteiger charge is -2.19. The van der Waals surface area contributed by atoms with Gasteiger partial charge in [0.15, 0.2) is 0 Å². The smallest absolute Gasteiger partial charge is 0.416 e. The Labute approximate surface area is 164 Å². The highest BCUT2D eigenvalue weighted by Crippen LogP contribution is 2.33. The molecule has 11 heteroatoms. The van der Waals surface area contributed by atoms with Crippen molar-refractivity contribution < 1.29 is 32.2 Å². The highest BCUT2D eigenvalue weighted by Gasteiger charge is 2.40. The fraction of sp³-hybridized carbons (Fsp3) is 0.500. The van der Waals surface area contributed by atoms with E-state index in [4.69, 9.17) is 14.2 Å². The largest absolute Gasteiger partial charge is 0.497 e. The molecule has 29 heavy (non-hydrogen) atoms. The standard InChI is InChI=1S/C18H19F3N4O4/c1-27-14-3-11(2-12(4-14)18(19,20)21)17(26)24-5-15-16(6-24)29-8-13(7-28-15)25-10-22-9-23-25/h2-4,9-10,13,15-16H,5-8H2,1H3/t15-,16-/m0/s1. The summed E-state index contributed by atoms with van der Waals surface area (Å²) in [6.07, 6.45) is -2.30. The van der Waals surface area contributed by atoms with Crippen LogP contribution in [0.1, 0.15) is 22.0 Å². The topological polar surface area (TPSA) is 78.7 Å². The number of benzene rings is 1. The second-order valence-corrected chi connectivity index (χ2v) is 6.93. The molecule has 2 atom stereocenters. The number of fused-ring (bicyclic) bond motifs is 1. The molecule has 4 rings (SSSR count). The van der Waals surface area contributed by atoms with Gasteiger partial charge >= 0.3 is 6.18 Å². The monoisotopic (exact) mass is 412 g/mol. The Hall–Kier alpha value is -2.66. The molecule has 2 aliphatic rings. The van der Waals surface area contributed by atoms with E-state index < -0.39 is 17.6 Å². The Kier molecular flexibility index (Phi) is 5.17. The summed E-state index contributed by atoms with van der Waals surface area (Å²) in [4.78, 5) is 18.2. The number of carbonyl (C=O) groups is 1. The molecule has 0 N–H and O–H groups in total. The van der Waals surface area contributed by atoms with E-state index in [0.717, 1.165) is 12.1 Å². The summed E-state index contributed by atoms with van der Waals surface area (Å²) in [6, 6.07) is 2.87. The van der Waals surface area contributed by atoms with E-state index in [1.165, 1.54) is 24.4 Å². The van der Waals surface area contributed by atoms with Gasteiger partial charge in [0.2, 0.25) is 0 Å². The first kappa shape index (κ1) is 19.6. The lowest BCUT2D eigenvalue weighted by atomic mass is 10.1. The number of carbonyl (C=O) groups excluding carboxylic acids is 1. The van der Waals surface area contributed by atoms with Crippen LogP contribution in [-0.4, -0.2) is 71.2 Å². The van der Waals surface area contributed by atoms with Crippen LogP contribution in [0.25, 0.3) is 0 Å². The Morgan fingerprint density at radius 1 is 1.17 bits per heavy atom. The molecule has 0 saturated carbocycles. The van der Waals surface area contributed by atoms with Crippen LogP contribution in [0.15, 0.2) is 30.9 Å². The minimum atomic E-state index is -4.58. The predicted molar refractivity (Wildman–Crippen MR) is 92.4 cm³/mol. The van der Waals surface area contributed by atoms with Gasteiger partial charge in [0, 0.05) is 18.7 Å². The average Bonchev–Trinajstić information content (AvgIpc) is 3.33. The number of likely N-dealkylation sites (tertiary alicyclic amines) is 1. The second kappa shape index (κ2) is 7.64. The zero-order chi connectivity index (χ0) is 20.6. The molecule has 0 unspecified atom stereocenters. The second-order valence-electron chi connectivity index (χ2n) is 6.93. The number of halogens is 3. The molecule has 156 valence electrons. The molecule has 2 saturated heterocycles. The summed E-state index contributed by atoms with van der Waals surface area (Å²) in [6.45, 7) is 1.13. The van der Waals surface area contributed by atoms with E-state index in [1.807, 2.05) is 0 Å². The molecule has 1 aromatic carbocycles. The van der Waals surface area contributed by atoms with Crippen LogP contribution in [-0.2, 0) is 15.7 Å². The number of hydrogen-bond donors (Lipinski definition) is 0. The molecule has 3 heterocycles. The number of aromatic nitrogens is 3. The zero-order valence-electron chi connectivity index (χ0n) is 15.5. The van der Waals surface area contributed by atoms with Crippen molar-refractivity contribution in [1.82, 2.24) is 19.7 Å². The van der Waals surface area contributed by atoms with Crippen LogP contribution < -0.4 is 4.74 Å². The van der Waals surface area contributed by atoms with Gasteiger partial charge < -0.3 is 19.1 Å². The molecular weight excluding hydrogens is 393 g/mol. The summed E-state index contributed by atoms with van der Waals surface area (Å²) in [5.41, 5.74) is -1.02. The predicted octanol–water partition coefficient (Wildman–Crippen LogP) is 1.79. The third kappa shape index (κ3) is 4.06. The molecule has 0 radical (unpaired) electrons. The van der Waals surface area contributed by atoms with Crippen LogP contribution in [0.5, 0.6) is 5.75 Å². The number of ether oxygens (including phenoxy) is 3. The van der Waals surface area contributed by atoms with E-state index in [2.05, 4.69) is 10.1 Å². The molecule has 1 aromatic heterocycles. The molecule has 0 spiro atoms. The highest BCUT2D eigenvalue weighted by atomic mass is 19.4. The minimum Gasteiger partial charge on any atom is -0.497 e. The molecule has 2 aromatic rings. The van der Waals surface area contributed by atoms with Crippen LogP contribution in [0, 0.1) is 0 Å². The summed E-state index contributed by atoms with van der Waals surface area (Å²) in [7, 11) is 1.25. The molecule has 8 nitrogen and oxygen atoms in total. The van der Waals surface area contributed by atoms with Crippen LogP contribution in [0.3, 0.4) is 0 Å². The van der Waals surface area contributed by atoms with Gasteiger partial charge in [-0.3, -0.25) is 4.79 Å². The summed E-state index contributed by atoms with van der Waals surface area (Å²) < 4.78 is 57.8. The summed E-state index contributed by atoms with van der Waals surface area (Å²) in [5.74, 6) is -0.553. The van der Waals surface area contributed by atoms with Crippen molar-refractivity contribution in [2.45, 2.75) is 24.4 Å². The lowest BCUT2D eigenvalue weighted by molar-refractivity contribution is -0.137. The van der Waals surface area contributed by atoms with Gasteiger partial charge in [-0.25, -0.2) is 9.67 Å². The van der Waals surface area contributed by atoms with Crippen molar-refractivity contribution in [2.24, 2.45) is 0 Å². The lowest BCUT2D eigenvalue weighted by Crippen LogP contribution is -2.31. The van der Waals surface area contributed by atoms with Gasteiger partial charge in [0.1, 0.15) is 36.7 Å². The van der Waals surface area contributed by atoms with E-state index in [0.29, 0.717) is 13.2 Å². The Morgan fingerprint density at radius 2 is 1.86 bits per heavy atom. The van der Waals surface area contributed by atoms with Gasteiger partial charge in [0.05, 0.1) is 25.9 Å². The number of nitrogens with zero attached hydrogens (tertiary/aromatic N) is 4. The Balaban J connectivity index is 1.47. The molecule has 0 bridgehead atoms. The third-order valence-electron chi connectivity index (χ3n) is 5.04. The quantitative estimate of drug-likeness (QED) is 0.765. The van der Waals surface area contributed by atoms with E-state index in [-0.39, 0.29) is 42.7 Å². The average molecular weight is 412 g/mol. The Morgan fingerprint density at radius 3 is 2.41 bits per heavy atom. The van der Waals surface area contributed by atoms with Crippen molar-refractivity contribution in [3.63, 3.8) is 0 Å². The third-order valence-corrected chi connectivity index (χ3v) is 5.04. The van der Waals surface area contributed by atoms with Gasteiger partial charge in [-0.2, -0.15) is 18.3 Å². The molecular formula is C18H19F3N4O4. The minimum absolute atomic E-state index is 0.0280. The van der Waals surface area contributed by atoms with Crippen molar-refractivity contribution in [3.8, 4) is 5.75 Å². The maximum atomic E-state index is 13.1. The van der Waals surface area contributed by atoms with Crippen molar-refractivity contribution in [3.05, 3.63) is 42.0 Å². The van der Waals surface area contributed by atoms with Gasteiger partial charge in [-0.1, -0.05) is 0 Å². The van der Waals surface area contributed by atoms with Crippen molar-refractivity contribution in [2.75, 3.05) is 33.4 Å². The van der Waals surface area contributed by atoms with Crippen LogP contribution >= 0.6 is 0 Å². The maximum Gasteiger partial charge on any atom is 0.416 e. The highest BCUT2D eigenvalue weighted by molar-refractivity contribution is 5.95. The summed E-state index contributed by atoms with van der Waals surface area (Å²) >= 11 is 0. The fourth-order valence-corrected chi connectivity index (χ4v) is 3.49. The van der Waals surface area contributed by atoms with Crippen molar-refractivity contribution >= 4 is 5.91 Å². The Bertz CT molecular complexity index is 858. The van der Waals surface area contributed by atoms with Crippen molar-refractivity contribution in [1.29, 1.82) is 0 Å². The first-order chi connectivity index (χ1) is 13.8. The first-order valence-corrected chi connectivity index (χ1v) is 8.98. The maximum absolute atomic E-state index is 13.1. The number of methoxy groups -OCH3 is 1. The fourth-order valence-electron chi connectivity index (χ4n) is 3.49. The van der Waals surface area contributed by atoms with E-state index >= 15 is 0 Å². The normalized spacial score (nSPS) is 23.0.